The molecule has 0 heterocycles. The Bertz CT molecular complexity index is 598. The van der Waals surface area contributed by atoms with Gasteiger partial charge in [0.15, 0.2) is 0 Å². The number of esters is 1. The van der Waals surface area contributed by atoms with Crippen LogP contribution in [0.4, 0.5) is 0 Å². The molecule has 0 spiro atoms. The zero-order valence-electron chi connectivity index (χ0n) is 15.0. The van der Waals surface area contributed by atoms with Crippen molar-refractivity contribution >= 4 is 18.0 Å². The zero-order chi connectivity index (χ0) is 20.3. The van der Waals surface area contributed by atoms with Crippen molar-refractivity contribution in [1.29, 1.82) is 5.26 Å². The third-order valence-corrected chi connectivity index (χ3v) is 2.03. The average Bonchev–Trinajstić information content (AvgIpc) is 2.62. The molecule has 0 bridgehead atoms. The van der Waals surface area contributed by atoms with Crippen molar-refractivity contribution in [2.75, 3.05) is 7.11 Å². The number of allylic oxidation sites excluding steroid dienone is 1. The molecule has 1 N–H and O–H groups in total. The van der Waals surface area contributed by atoms with E-state index in [0.29, 0.717) is 5.57 Å². The van der Waals surface area contributed by atoms with Gasteiger partial charge in [0, 0.05) is 17.2 Å². The maximum Gasteiger partial charge on any atom is 0.332 e. The Kier molecular flexibility index (Phi) is 19.8. The van der Waals surface area contributed by atoms with E-state index in [1.807, 2.05) is 36.4 Å². The maximum absolute atomic E-state index is 10.2. The molecule has 1 aromatic carbocycles. The van der Waals surface area contributed by atoms with Crippen LogP contribution >= 0.6 is 0 Å². The molecule has 25 heavy (non-hydrogen) atoms. The molecule has 1 rings (SSSR count). The Labute approximate surface area is 149 Å². The normalized spacial score (nSPS) is 7.28. The molecule has 0 aromatic heterocycles. The molecule has 0 unspecified atom stereocenters. The number of carboxylic acid groups (broad SMARTS) is 1. The lowest BCUT2D eigenvalue weighted by atomic mass is 10.2. The second-order valence-electron chi connectivity index (χ2n) is 4.31. The maximum atomic E-state index is 10.2. The summed E-state index contributed by atoms with van der Waals surface area (Å²) in [6.45, 7) is 16.3. The molecule has 0 aliphatic heterocycles. The van der Waals surface area contributed by atoms with Crippen molar-refractivity contribution in [2.45, 2.75) is 13.8 Å². The number of rotatable bonds is 3. The van der Waals surface area contributed by atoms with E-state index >= 15 is 0 Å². The number of nitrogens with zero attached hydrogens (tertiary/aromatic N) is 1. The minimum absolute atomic E-state index is 0.176. The average molecular weight is 343 g/mol. The number of hydrogen-bond donors (Lipinski definition) is 1. The van der Waals surface area contributed by atoms with Gasteiger partial charge in [-0.3, -0.25) is 0 Å². The lowest BCUT2D eigenvalue weighted by Gasteiger charge is -1.91. The highest BCUT2D eigenvalue weighted by atomic mass is 16.5. The van der Waals surface area contributed by atoms with Gasteiger partial charge in [0.2, 0.25) is 0 Å². The van der Waals surface area contributed by atoms with E-state index in [2.05, 4.69) is 31.1 Å². The van der Waals surface area contributed by atoms with Crippen LogP contribution in [0.25, 0.3) is 6.08 Å². The van der Waals surface area contributed by atoms with Gasteiger partial charge in [0.1, 0.15) is 0 Å². The van der Waals surface area contributed by atoms with Crippen molar-refractivity contribution in [3.63, 3.8) is 0 Å². The predicted octanol–water partition coefficient (Wildman–Crippen LogP) is 4.41. The summed E-state index contributed by atoms with van der Waals surface area (Å²) in [6.07, 6.45) is 3.01. The molecule has 0 fully saturated rings. The smallest absolute Gasteiger partial charge is 0.332 e. The van der Waals surface area contributed by atoms with Gasteiger partial charge in [0.25, 0.3) is 0 Å². The number of methoxy groups -OCH3 is 1. The minimum atomic E-state index is -0.935. The largest absolute Gasteiger partial charge is 0.478 e. The number of carboxylic acids is 1. The molecule has 134 valence electrons. The lowest BCUT2D eigenvalue weighted by Crippen LogP contribution is -1.98. The molecule has 1 aromatic rings. The number of hydrogen-bond acceptors (Lipinski definition) is 4. The van der Waals surface area contributed by atoms with Crippen molar-refractivity contribution in [3.05, 3.63) is 79.4 Å². The fourth-order valence-electron chi connectivity index (χ4n) is 0.763. The van der Waals surface area contributed by atoms with Crippen molar-refractivity contribution in [3.8, 4) is 6.07 Å². The Morgan fingerprint density at radius 3 is 1.64 bits per heavy atom. The number of nitriles is 1. The number of carbonyl (C=O) groups excluding carboxylic acids is 1. The first-order valence-corrected chi connectivity index (χ1v) is 6.98. The molecule has 5 heteroatoms. The van der Waals surface area contributed by atoms with Gasteiger partial charge in [-0.2, -0.15) is 5.26 Å². The van der Waals surface area contributed by atoms with Gasteiger partial charge in [-0.15, -0.1) is 0 Å². The van der Waals surface area contributed by atoms with Crippen LogP contribution in [0.1, 0.15) is 19.4 Å². The highest BCUT2D eigenvalue weighted by molar-refractivity contribution is 5.86. The van der Waals surface area contributed by atoms with Crippen molar-refractivity contribution < 1.29 is 19.4 Å². The molecule has 0 saturated heterocycles. The van der Waals surface area contributed by atoms with Gasteiger partial charge in [-0.25, -0.2) is 9.59 Å². The van der Waals surface area contributed by atoms with Crippen LogP contribution in [-0.2, 0) is 14.3 Å². The summed E-state index contributed by atoms with van der Waals surface area (Å²) < 4.78 is 4.27. The fourth-order valence-corrected chi connectivity index (χ4v) is 0.763. The first-order valence-electron chi connectivity index (χ1n) is 6.98. The standard InChI is InChI=1S/C8H8.C5H8O2.C4H6O2.C3H3N/c1-2-8-6-4-3-5-7-8;1-4(2)5(6)7-3;1-3(2)4(5)6;1-2-3-4/h2-7H,1H2;1H2,2-3H3;1H2,2H3,(H,5,6);2H,1H2. The molecule has 0 aliphatic carbocycles. The van der Waals surface area contributed by atoms with E-state index in [0.717, 1.165) is 0 Å². The van der Waals surface area contributed by atoms with Gasteiger partial charge < -0.3 is 9.84 Å². The molecule has 0 radical (unpaired) electrons. The minimum Gasteiger partial charge on any atom is -0.478 e. The van der Waals surface area contributed by atoms with E-state index in [-0.39, 0.29) is 11.5 Å². The molecule has 0 atom stereocenters. The monoisotopic (exact) mass is 343 g/mol. The summed E-state index contributed by atoms with van der Waals surface area (Å²) in [5.41, 5.74) is 1.78. The second-order valence-corrected chi connectivity index (χ2v) is 4.31. The van der Waals surface area contributed by atoms with Crippen LogP contribution in [-0.4, -0.2) is 24.2 Å². The van der Waals surface area contributed by atoms with Crippen LogP contribution < -0.4 is 0 Å². The third kappa shape index (κ3) is 23.0. The van der Waals surface area contributed by atoms with Gasteiger partial charge >= 0.3 is 11.9 Å². The van der Waals surface area contributed by atoms with Crippen LogP contribution in [0.2, 0.25) is 0 Å². The number of ether oxygens (including phenoxy) is 1. The molecule has 0 aliphatic rings. The van der Waals surface area contributed by atoms with Crippen LogP contribution in [0, 0.1) is 11.3 Å². The van der Waals surface area contributed by atoms with Gasteiger partial charge in [0.05, 0.1) is 13.2 Å². The van der Waals surface area contributed by atoms with Gasteiger partial charge in [-0.05, 0) is 19.4 Å². The summed E-state index contributed by atoms with van der Waals surface area (Å²) >= 11 is 0. The van der Waals surface area contributed by atoms with Crippen molar-refractivity contribution in [1.82, 2.24) is 0 Å². The highest BCUT2D eigenvalue weighted by Gasteiger charge is 1.95. The Balaban J connectivity index is -0.000000266. The van der Waals surface area contributed by atoms with E-state index in [4.69, 9.17) is 10.4 Å². The van der Waals surface area contributed by atoms with Crippen molar-refractivity contribution in [2.24, 2.45) is 0 Å². The van der Waals surface area contributed by atoms with Crippen LogP contribution in [0.3, 0.4) is 0 Å². The molecule has 5 nitrogen and oxygen atoms in total. The Morgan fingerprint density at radius 2 is 1.52 bits per heavy atom. The Hall–Kier alpha value is -3.39. The molecule has 0 saturated carbocycles. The summed E-state index contributed by atoms with van der Waals surface area (Å²) in [5.74, 6) is -1.28. The summed E-state index contributed by atoms with van der Waals surface area (Å²) in [7, 11) is 1.33. The summed E-state index contributed by atoms with van der Waals surface area (Å²) in [6, 6.07) is 11.7. The first kappa shape index (κ1) is 26.5. The van der Waals surface area contributed by atoms with E-state index in [9.17, 15) is 9.59 Å². The molecular formula is C20H25NO4. The molecule has 0 amide bonds. The molecular weight excluding hydrogens is 318 g/mol. The Morgan fingerprint density at radius 1 is 1.12 bits per heavy atom. The van der Waals surface area contributed by atoms with E-state index in [1.165, 1.54) is 25.7 Å². The van der Waals surface area contributed by atoms with Crippen LogP contribution in [0.5, 0.6) is 0 Å². The fraction of sp³-hybridized carbons (Fsp3) is 0.150. The van der Waals surface area contributed by atoms with Crippen LogP contribution in [0.15, 0.2) is 73.9 Å². The van der Waals surface area contributed by atoms with Gasteiger partial charge in [-0.1, -0.05) is 62.7 Å². The van der Waals surface area contributed by atoms with E-state index in [1.54, 1.807) is 13.0 Å². The topological polar surface area (TPSA) is 87.4 Å². The predicted molar refractivity (Wildman–Crippen MR) is 102 cm³/mol. The number of aliphatic carboxylic acids is 1. The number of benzene rings is 1. The zero-order valence-corrected chi connectivity index (χ0v) is 15.0. The second kappa shape index (κ2) is 18.7. The quantitative estimate of drug-likeness (QED) is 0.499. The first-order chi connectivity index (χ1) is 11.7. The summed E-state index contributed by atoms with van der Waals surface area (Å²) in [5, 5.41) is 15.4. The number of carbonyl (C=O) groups is 2. The third-order valence-electron chi connectivity index (χ3n) is 2.03. The highest BCUT2D eigenvalue weighted by Crippen LogP contribution is 1.97. The summed E-state index contributed by atoms with van der Waals surface area (Å²) in [4.78, 5) is 19.8. The van der Waals surface area contributed by atoms with E-state index < -0.39 is 5.97 Å². The SMILES string of the molecule is C=C(C)C(=O)O.C=C(C)C(=O)OC.C=CC#N.C=Cc1ccccc1. The lowest BCUT2D eigenvalue weighted by molar-refractivity contribution is -0.136.